The molecule has 6 heteroatoms. The van der Waals surface area contributed by atoms with Crippen LogP contribution in [0, 0.1) is 0 Å². The van der Waals surface area contributed by atoms with Gasteiger partial charge in [-0.2, -0.15) is 0 Å². The van der Waals surface area contributed by atoms with Gasteiger partial charge in [0.05, 0.1) is 0 Å². The molecule has 230 valence electrons. The zero-order valence-corrected chi connectivity index (χ0v) is 26.2. The Bertz CT molecular complexity index is 2600. The van der Waals surface area contributed by atoms with E-state index in [0.717, 1.165) is 61.0 Å². The summed E-state index contributed by atoms with van der Waals surface area (Å²) in [6.45, 7) is 0. The summed E-state index contributed by atoms with van der Waals surface area (Å²) in [6, 6.07) is 53.3. The standard InChI is InChI=1S/C43H27N5O/c1-4-13-28(14-5-1)31-19-12-20-32(23-31)42-46-41(30-17-8-3-9-18-30)47-43(48-42)35-25-33(29-15-6-2-7-16-29)24-34(26-35)38-40-39(45-27-44-38)36-21-10-11-22-37(36)49-40/h1-27H. The number of para-hydroxylation sites is 1. The molecule has 0 saturated heterocycles. The van der Waals surface area contributed by atoms with Gasteiger partial charge in [-0.25, -0.2) is 24.9 Å². The molecule has 0 fully saturated rings. The summed E-state index contributed by atoms with van der Waals surface area (Å²) < 4.78 is 6.36. The third-order valence-corrected chi connectivity index (χ3v) is 8.63. The van der Waals surface area contributed by atoms with Gasteiger partial charge in [-0.15, -0.1) is 0 Å². The molecule has 0 N–H and O–H groups in total. The molecule has 0 amide bonds. The van der Waals surface area contributed by atoms with Crippen molar-refractivity contribution >= 4 is 22.1 Å². The van der Waals surface area contributed by atoms with E-state index in [-0.39, 0.29) is 0 Å². The molecular weight excluding hydrogens is 603 g/mol. The average molecular weight is 630 g/mol. The van der Waals surface area contributed by atoms with E-state index < -0.39 is 0 Å². The maximum Gasteiger partial charge on any atom is 0.180 e. The number of furan rings is 1. The molecule has 9 aromatic rings. The summed E-state index contributed by atoms with van der Waals surface area (Å²) in [6.07, 6.45) is 1.60. The SMILES string of the molecule is c1ccc(-c2cccc(-c3nc(-c4ccccc4)nc(-c4cc(-c5ccccc5)cc(-c5ncnc6c5oc5ccccc56)c4)n3)c2)cc1. The minimum Gasteiger partial charge on any atom is -0.452 e. The van der Waals surface area contributed by atoms with E-state index >= 15 is 0 Å². The summed E-state index contributed by atoms with van der Waals surface area (Å²) >= 11 is 0. The van der Waals surface area contributed by atoms with Crippen molar-refractivity contribution in [3.05, 3.63) is 164 Å². The summed E-state index contributed by atoms with van der Waals surface area (Å²) in [4.78, 5) is 24.5. The van der Waals surface area contributed by atoms with Gasteiger partial charge in [0, 0.05) is 27.6 Å². The largest absolute Gasteiger partial charge is 0.452 e. The Kier molecular flexibility index (Phi) is 7.02. The molecule has 9 rings (SSSR count). The van der Waals surface area contributed by atoms with Crippen LogP contribution in [-0.2, 0) is 0 Å². The lowest BCUT2D eigenvalue weighted by Gasteiger charge is -2.12. The topological polar surface area (TPSA) is 77.6 Å². The van der Waals surface area contributed by atoms with Crippen LogP contribution in [0.25, 0.3) is 89.7 Å². The molecule has 0 radical (unpaired) electrons. The number of hydrogen-bond acceptors (Lipinski definition) is 6. The number of hydrogen-bond donors (Lipinski definition) is 0. The lowest BCUT2D eigenvalue weighted by Crippen LogP contribution is -2.01. The molecule has 0 aliphatic carbocycles. The van der Waals surface area contributed by atoms with Crippen LogP contribution in [0.5, 0.6) is 0 Å². The number of fused-ring (bicyclic) bond motifs is 3. The first-order chi connectivity index (χ1) is 24.3. The zero-order chi connectivity index (χ0) is 32.6. The lowest BCUT2D eigenvalue weighted by molar-refractivity contribution is 0.667. The molecule has 49 heavy (non-hydrogen) atoms. The molecule has 0 aliphatic heterocycles. The molecule has 3 aromatic heterocycles. The summed E-state index contributed by atoms with van der Waals surface area (Å²) in [5.74, 6) is 1.75. The molecule has 3 heterocycles. The van der Waals surface area contributed by atoms with Gasteiger partial charge in [-0.1, -0.05) is 121 Å². The highest BCUT2D eigenvalue weighted by Gasteiger charge is 2.19. The van der Waals surface area contributed by atoms with E-state index in [0.29, 0.717) is 28.8 Å². The number of nitrogens with zero attached hydrogens (tertiary/aromatic N) is 5. The van der Waals surface area contributed by atoms with Gasteiger partial charge in [0.25, 0.3) is 0 Å². The van der Waals surface area contributed by atoms with Gasteiger partial charge in [-0.3, -0.25) is 0 Å². The molecule has 0 saturated carbocycles. The van der Waals surface area contributed by atoms with Crippen molar-refractivity contribution < 1.29 is 4.42 Å². The number of benzene rings is 6. The summed E-state index contributed by atoms with van der Waals surface area (Å²) in [5.41, 5.74) is 10.7. The highest BCUT2D eigenvalue weighted by atomic mass is 16.3. The fourth-order valence-electron chi connectivity index (χ4n) is 6.24. The molecule has 0 bridgehead atoms. The van der Waals surface area contributed by atoms with Gasteiger partial charge in [0.15, 0.2) is 23.1 Å². The zero-order valence-electron chi connectivity index (χ0n) is 26.2. The quantitative estimate of drug-likeness (QED) is 0.182. The van der Waals surface area contributed by atoms with E-state index in [1.54, 1.807) is 6.33 Å². The van der Waals surface area contributed by atoms with Gasteiger partial charge in [-0.05, 0) is 58.7 Å². The van der Waals surface area contributed by atoms with E-state index in [1.807, 2.05) is 103 Å². The van der Waals surface area contributed by atoms with Crippen LogP contribution in [0.15, 0.2) is 168 Å². The first kappa shape index (κ1) is 28.4. The average Bonchev–Trinajstić information content (AvgIpc) is 3.58. The third kappa shape index (κ3) is 5.41. The van der Waals surface area contributed by atoms with E-state index in [1.165, 1.54) is 0 Å². The van der Waals surface area contributed by atoms with Crippen molar-refractivity contribution in [2.75, 3.05) is 0 Å². The molecule has 6 aromatic carbocycles. The van der Waals surface area contributed by atoms with Gasteiger partial charge >= 0.3 is 0 Å². The van der Waals surface area contributed by atoms with Crippen molar-refractivity contribution in [2.45, 2.75) is 0 Å². The van der Waals surface area contributed by atoms with Crippen LogP contribution in [0.2, 0.25) is 0 Å². The highest BCUT2D eigenvalue weighted by molar-refractivity contribution is 6.06. The Hall–Kier alpha value is -6.79. The Morgan fingerprint density at radius 3 is 1.61 bits per heavy atom. The van der Waals surface area contributed by atoms with Gasteiger partial charge < -0.3 is 4.42 Å². The Morgan fingerprint density at radius 1 is 0.367 bits per heavy atom. The summed E-state index contributed by atoms with van der Waals surface area (Å²) in [7, 11) is 0. The van der Waals surface area contributed by atoms with Crippen LogP contribution in [0.1, 0.15) is 0 Å². The Morgan fingerprint density at radius 2 is 0.878 bits per heavy atom. The smallest absolute Gasteiger partial charge is 0.180 e. The van der Waals surface area contributed by atoms with E-state index in [4.69, 9.17) is 24.4 Å². The Balaban J connectivity index is 1.27. The summed E-state index contributed by atoms with van der Waals surface area (Å²) in [5, 5.41) is 0.952. The first-order valence-corrected chi connectivity index (χ1v) is 16.1. The second-order valence-electron chi connectivity index (χ2n) is 11.8. The number of rotatable bonds is 6. The first-order valence-electron chi connectivity index (χ1n) is 16.1. The minimum atomic E-state index is 0.558. The second kappa shape index (κ2) is 12.1. The third-order valence-electron chi connectivity index (χ3n) is 8.63. The monoisotopic (exact) mass is 629 g/mol. The van der Waals surface area contributed by atoms with Crippen LogP contribution < -0.4 is 0 Å². The van der Waals surface area contributed by atoms with Crippen molar-refractivity contribution in [1.82, 2.24) is 24.9 Å². The normalized spacial score (nSPS) is 11.3. The van der Waals surface area contributed by atoms with Crippen LogP contribution in [0.3, 0.4) is 0 Å². The molecule has 6 nitrogen and oxygen atoms in total. The van der Waals surface area contributed by atoms with E-state index in [2.05, 4.69) is 59.6 Å². The predicted octanol–water partition coefficient (Wildman–Crippen LogP) is 10.6. The lowest BCUT2D eigenvalue weighted by atomic mass is 9.97. The molecule has 0 atom stereocenters. The van der Waals surface area contributed by atoms with Gasteiger partial charge in [0.1, 0.15) is 23.1 Å². The maximum absolute atomic E-state index is 6.36. The Labute approximate surface area is 282 Å². The maximum atomic E-state index is 6.36. The number of aromatic nitrogens is 5. The highest BCUT2D eigenvalue weighted by Crippen LogP contribution is 2.37. The molecular formula is C43H27N5O. The van der Waals surface area contributed by atoms with Crippen molar-refractivity contribution in [3.63, 3.8) is 0 Å². The van der Waals surface area contributed by atoms with Crippen molar-refractivity contribution in [3.8, 4) is 67.7 Å². The van der Waals surface area contributed by atoms with Crippen LogP contribution in [0.4, 0.5) is 0 Å². The molecule has 0 aliphatic rings. The predicted molar refractivity (Wildman–Crippen MR) is 195 cm³/mol. The fraction of sp³-hybridized carbons (Fsp3) is 0. The van der Waals surface area contributed by atoms with Crippen LogP contribution >= 0.6 is 0 Å². The van der Waals surface area contributed by atoms with Crippen LogP contribution in [-0.4, -0.2) is 24.9 Å². The fourth-order valence-corrected chi connectivity index (χ4v) is 6.24. The van der Waals surface area contributed by atoms with Gasteiger partial charge in [0.2, 0.25) is 0 Å². The molecule has 0 spiro atoms. The molecule has 0 unspecified atom stereocenters. The minimum absolute atomic E-state index is 0.558. The van der Waals surface area contributed by atoms with Crippen molar-refractivity contribution in [2.24, 2.45) is 0 Å². The van der Waals surface area contributed by atoms with E-state index in [9.17, 15) is 0 Å². The van der Waals surface area contributed by atoms with Crippen molar-refractivity contribution in [1.29, 1.82) is 0 Å². The second-order valence-corrected chi connectivity index (χ2v) is 11.8.